The second kappa shape index (κ2) is 7.59. The lowest BCUT2D eigenvalue weighted by Crippen LogP contribution is -2.39. The molecule has 0 spiro atoms. The number of rotatable bonds is 4. The summed E-state index contributed by atoms with van der Waals surface area (Å²) in [6.07, 6.45) is 7.78. The highest BCUT2D eigenvalue weighted by Crippen LogP contribution is 2.23. The van der Waals surface area contributed by atoms with Crippen LogP contribution in [0.5, 0.6) is 0 Å². The molecule has 2 N–H and O–H groups in total. The summed E-state index contributed by atoms with van der Waals surface area (Å²) in [4.78, 5) is 36.0. The van der Waals surface area contributed by atoms with E-state index >= 15 is 0 Å². The standard InChI is InChI=1S/C19H24N4O2/c1-12-5-3-7-15(9-12)22-17(24)10-16-13(2)21-18(23-19(16)25)14-6-4-8-20-11-14/h4,6,8,11-12,15H,3,5,7,9-10H2,1-2H3,(H,22,24)(H,21,23,25). The van der Waals surface area contributed by atoms with Crippen LogP contribution in [0.1, 0.15) is 43.9 Å². The van der Waals surface area contributed by atoms with Crippen LogP contribution in [0.2, 0.25) is 0 Å². The Hall–Kier alpha value is -2.50. The first kappa shape index (κ1) is 17.3. The van der Waals surface area contributed by atoms with Crippen LogP contribution in [0.3, 0.4) is 0 Å². The third-order valence-corrected chi connectivity index (χ3v) is 4.80. The number of aryl methyl sites for hydroxylation is 1. The van der Waals surface area contributed by atoms with Gasteiger partial charge >= 0.3 is 0 Å². The molecule has 0 saturated heterocycles. The highest BCUT2D eigenvalue weighted by Gasteiger charge is 2.21. The number of hydrogen-bond donors (Lipinski definition) is 2. The number of carbonyl (C=O) groups is 1. The van der Waals surface area contributed by atoms with E-state index in [0.717, 1.165) is 24.8 Å². The minimum absolute atomic E-state index is 0.0619. The molecule has 0 radical (unpaired) electrons. The molecule has 2 aromatic heterocycles. The lowest BCUT2D eigenvalue weighted by molar-refractivity contribution is -0.121. The highest BCUT2D eigenvalue weighted by molar-refractivity contribution is 5.79. The number of carbonyl (C=O) groups excluding carboxylic acids is 1. The Labute approximate surface area is 147 Å². The lowest BCUT2D eigenvalue weighted by atomic mass is 9.87. The van der Waals surface area contributed by atoms with Crippen molar-refractivity contribution in [3.63, 3.8) is 0 Å². The predicted octanol–water partition coefficient (Wildman–Crippen LogP) is 2.38. The molecule has 1 fully saturated rings. The number of amides is 1. The summed E-state index contributed by atoms with van der Waals surface area (Å²) < 4.78 is 0. The zero-order valence-corrected chi connectivity index (χ0v) is 14.7. The van der Waals surface area contributed by atoms with Crippen molar-refractivity contribution in [2.75, 3.05) is 0 Å². The third-order valence-electron chi connectivity index (χ3n) is 4.80. The first-order valence-corrected chi connectivity index (χ1v) is 8.82. The summed E-state index contributed by atoms with van der Waals surface area (Å²) in [5.74, 6) is 1.01. The van der Waals surface area contributed by atoms with E-state index in [0.29, 0.717) is 23.0 Å². The van der Waals surface area contributed by atoms with Crippen LogP contribution in [0, 0.1) is 12.8 Å². The van der Waals surface area contributed by atoms with Crippen LogP contribution < -0.4 is 10.9 Å². The normalized spacial score (nSPS) is 20.2. The van der Waals surface area contributed by atoms with Gasteiger partial charge in [0.15, 0.2) is 0 Å². The van der Waals surface area contributed by atoms with Crippen molar-refractivity contribution in [1.29, 1.82) is 0 Å². The molecule has 1 saturated carbocycles. The molecule has 6 heteroatoms. The molecule has 0 aliphatic heterocycles. The second-order valence-electron chi connectivity index (χ2n) is 6.93. The molecule has 0 aromatic carbocycles. The molecule has 2 atom stereocenters. The van der Waals surface area contributed by atoms with Crippen LogP contribution in [-0.2, 0) is 11.2 Å². The molecular weight excluding hydrogens is 316 g/mol. The molecular formula is C19H24N4O2. The quantitative estimate of drug-likeness (QED) is 0.894. The zero-order chi connectivity index (χ0) is 17.8. The van der Waals surface area contributed by atoms with E-state index in [-0.39, 0.29) is 23.9 Å². The SMILES string of the molecule is Cc1nc(-c2cccnc2)[nH]c(=O)c1CC(=O)NC1CCCC(C)C1. The predicted molar refractivity (Wildman–Crippen MR) is 96.1 cm³/mol. The molecule has 2 aromatic rings. The third kappa shape index (κ3) is 4.32. The van der Waals surface area contributed by atoms with Gasteiger partial charge in [-0.2, -0.15) is 0 Å². The number of nitrogens with one attached hydrogen (secondary N) is 2. The van der Waals surface area contributed by atoms with Crippen LogP contribution in [0.15, 0.2) is 29.3 Å². The van der Waals surface area contributed by atoms with Crippen molar-refractivity contribution >= 4 is 5.91 Å². The van der Waals surface area contributed by atoms with Gasteiger partial charge in [0, 0.05) is 35.3 Å². The summed E-state index contributed by atoms with van der Waals surface area (Å²) >= 11 is 0. The Kier molecular flexibility index (Phi) is 5.26. The van der Waals surface area contributed by atoms with E-state index in [1.54, 1.807) is 25.4 Å². The van der Waals surface area contributed by atoms with Crippen molar-refractivity contribution in [3.05, 3.63) is 46.1 Å². The molecule has 0 bridgehead atoms. The van der Waals surface area contributed by atoms with E-state index in [1.807, 2.05) is 6.07 Å². The van der Waals surface area contributed by atoms with Crippen molar-refractivity contribution in [2.45, 2.75) is 52.0 Å². The number of aromatic amines is 1. The maximum Gasteiger partial charge on any atom is 0.255 e. The fourth-order valence-corrected chi connectivity index (χ4v) is 3.46. The van der Waals surface area contributed by atoms with Crippen molar-refractivity contribution in [3.8, 4) is 11.4 Å². The smallest absolute Gasteiger partial charge is 0.255 e. The van der Waals surface area contributed by atoms with E-state index in [2.05, 4.69) is 27.2 Å². The second-order valence-corrected chi connectivity index (χ2v) is 6.93. The summed E-state index contributed by atoms with van der Waals surface area (Å²) in [6, 6.07) is 3.84. The summed E-state index contributed by atoms with van der Waals surface area (Å²) in [5.41, 5.74) is 1.48. The van der Waals surface area contributed by atoms with Crippen LogP contribution in [0.25, 0.3) is 11.4 Å². The van der Waals surface area contributed by atoms with Gasteiger partial charge in [-0.3, -0.25) is 14.6 Å². The molecule has 1 amide bonds. The largest absolute Gasteiger partial charge is 0.353 e. The number of aromatic nitrogens is 3. The first-order chi connectivity index (χ1) is 12.0. The number of H-pyrrole nitrogens is 1. The maximum absolute atomic E-state index is 12.4. The molecule has 3 rings (SSSR count). The number of hydrogen-bond acceptors (Lipinski definition) is 4. The van der Waals surface area contributed by atoms with Crippen LogP contribution >= 0.6 is 0 Å². The van der Waals surface area contributed by atoms with Gasteiger partial charge in [-0.1, -0.05) is 19.8 Å². The van der Waals surface area contributed by atoms with Gasteiger partial charge in [0.05, 0.1) is 6.42 Å². The fourth-order valence-electron chi connectivity index (χ4n) is 3.46. The Morgan fingerprint density at radius 2 is 2.24 bits per heavy atom. The summed E-state index contributed by atoms with van der Waals surface area (Å²) in [5, 5.41) is 3.07. The molecule has 1 aliphatic rings. The molecule has 6 nitrogen and oxygen atoms in total. The minimum Gasteiger partial charge on any atom is -0.353 e. The van der Waals surface area contributed by atoms with E-state index in [1.165, 1.54) is 6.42 Å². The van der Waals surface area contributed by atoms with Gasteiger partial charge in [-0.15, -0.1) is 0 Å². The lowest BCUT2D eigenvalue weighted by Gasteiger charge is -2.27. The molecule has 132 valence electrons. The van der Waals surface area contributed by atoms with E-state index < -0.39 is 0 Å². The van der Waals surface area contributed by atoms with Gasteiger partial charge in [0.2, 0.25) is 5.91 Å². The Bertz CT molecular complexity index is 801. The Morgan fingerprint density at radius 1 is 1.40 bits per heavy atom. The van der Waals surface area contributed by atoms with Crippen LogP contribution in [0.4, 0.5) is 0 Å². The Morgan fingerprint density at radius 3 is 2.92 bits per heavy atom. The minimum atomic E-state index is -0.265. The molecule has 2 heterocycles. The Balaban J connectivity index is 1.72. The average Bonchev–Trinajstić information content (AvgIpc) is 2.59. The summed E-state index contributed by atoms with van der Waals surface area (Å²) in [6.45, 7) is 3.98. The monoisotopic (exact) mass is 340 g/mol. The maximum atomic E-state index is 12.4. The molecule has 25 heavy (non-hydrogen) atoms. The van der Waals surface area contributed by atoms with Crippen molar-refractivity contribution in [1.82, 2.24) is 20.3 Å². The van der Waals surface area contributed by atoms with Crippen molar-refractivity contribution < 1.29 is 4.79 Å². The van der Waals surface area contributed by atoms with Gasteiger partial charge < -0.3 is 10.3 Å². The first-order valence-electron chi connectivity index (χ1n) is 8.82. The van der Waals surface area contributed by atoms with E-state index in [9.17, 15) is 9.59 Å². The molecule has 2 unspecified atom stereocenters. The van der Waals surface area contributed by atoms with Crippen LogP contribution in [-0.4, -0.2) is 26.9 Å². The number of nitrogens with zero attached hydrogens (tertiary/aromatic N) is 2. The van der Waals surface area contributed by atoms with Gasteiger partial charge in [0.25, 0.3) is 5.56 Å². The fraction of sp³-hybridized carbons (Fsp3) is 0.474. The average molecular weight is 340 g/mol. The van der Waals surface area contributed by atoms with E-state index in [4.69, 9.17) is 0 Å². The van der Waals surface area contributed by atoms with Gasteiger partial charge in [-0.25, -0.2) is 4.98 Å². The van der Waals surface area contributed by atoms with Gasteiger partial charge in [0.1, 0.15) is 5.82 Å². The molecule has 1 aliphatic carbocycles. The van der Waals surface area contributed by atoms with Gasteiger partial charge in [-0.05, 0) is 37.8 Å². The summed E-state index contributed by atoms with van der Waals surface area (Å²) in [7, 11) is 0. The number of pyridine rings is 1. The topological polar surface area (TPSA) is 87.7 Å². The van der Waals surface area contributed by atoms with Crippen molar-refractivity contribution in [2.24, 2.45) is 5.92 Å². The highest BCUT2D eigenvalue weighted by atomic mass is 16.2. The zero-order valence-electron chi connectivity index (χ0n) is 14.7.